The molecule has 0 saturated heterocycles. The summed E-state index contributed by atoms with van der Waals surface area (Å²) in [5.74, 6) is 0.910. The molecule has 4 aromatic rings. The summed E-state index contributed by atoms with van der Waals surface area (Å²) in [4.78, 5) is 26.6. The zero-order valence-electron chi connectivity index (χ0n) is 20.1. The SMILES string of the molecule is COc1ccc(CN2C(=O)C3(CCC3)c3cc(-c4ccnn4-c4cccc([N+](=O)[O-])c4)cc(Br)c32)cc1. The van der Waals surface area contributed by atoms with Gasteiger partial charge in [-0.2, -0.15) is 5.10 Å². The van der Waals surface area contributed by atoms with Crippen LogP contribution in [0.15, 0.2) is 77.4 Å². The van der Waals surface area contributed by atoms with Crippen molar-refractivity contribution in [3.8, 4) is 22.7 Å². The number of carbonyl (C=O) groups excluding carboxylic acids is 1. The molecule has 0 bridgehead atoms. The van der Waals surface area contributed by atoms with E-state index in [-0.39, 0.29) is 11.6 Å². The number of nitro groups is 1. The molecule has 8 nitrogen and oxygen atoms in total. The second kappa shape index (κ2) is 8.85. The van der Waals surface area contributed by atoms with Crippen LogP contribution in [0, 0.1) is 10.1 Å². The van der Waals surface area contributed by atoms with Gasteiger partial charge in [-0.05, 0) is 76.3 Å². The molecule has 1 saturated carbocycles. The molecule has 0 N–H and O–H groups in total. The van der Waals surface area contributed by atoms with Crippen molar-refractivity contribution in [2.24, 2.45) is 0 Å². The van der Waals surface area contributed by atoms with Crippen LogP contribution in [0.1, 0.15) is 30.4 Å². The van der Waals surface area contributed by atoms with Crippen molar-refractivity contribution in [2.75, 3.05) is 12.0 Å². The van der Waals surface area contributed by atoms with Crippen molar-refractivity contribution in [3.05, 3.63) is 98.6 Å². The summed E-state index contributed by atoms with van der Waals surface area (Å²) in [6.07, 6.45) is 4.32. The molecule has 9 heteroatoms. The maximum absolute atomic E-state index is 13.8. The van der Waals surface area contributed by atoms with Crippen molar-refractivity contribution in [1.29, 1.82) is 0 Å². The Labute approximate surface area is 221 Å². The number of non-ortho nitro benzene ring substituents is 1. The first-order valence-corrected chi connectivity index (χ1v) is 12.8. The number of methoxy groups -OCH3 is 1. The van der Waals surface area contributed by atoms with Gasteiger partial charge >= 0.3 is 0 Å². The summed E-state index contributed by atoms with van der Waals surface area (Å²) >= 11 is 3.77. The lowest BCUT2D eigenvalue weighted by Gasteiger charge is -2.37. The third-order valence-electron chi connectivity index (χ3n) is 7.43. The minimum atomic E-state index is -0.517. The monoisotopic (exact) mass is 558 g/mol. The van der Waals surface area contributed by atoms with Crippen LogP contribution in [0.4, 0.5) is 11.4 Å². The molecular formula is C28H23BrN4O4. The second-order valence-corrected chi connectivity index (χ2v) is 10.3. The van der Waals surface area contributed by atoms with Crippen LogP contribution >= 0.6 is 15.9 Å². The summed E-state index contributed by atoms with van der Waals surface area (Å²) < 4.78 is 7.80. The number of ether oxygens (including phenoxy) is 1. The minimum Gasteiger partial charge on any atom is -0.497 e. The Morgan fingerprint density at radius 2 is 1.89 bits per heavy atom. The number of carbonyl (C=O) groups is 1. The molecule has 1 aliphatic carbocycles. The Morgan fingerprint density at radius 1 is 1.11 bits per heavy atom. The van der Waals surface area contributed by atoms with Crippen molar-refractivity contribution >= 4 is 33.2 Å². The van der Waals surface area contributed by atoms with Gasteiger partial charge in [-0.3, -0.25) is 14.9 Å². The molecule has 186 valence electrons. The first kappa shape index (κ1) is 23.4. The number of rotatable bonds is 6. The highest BCUT2D eigenvalue weighted by Gasteiger charge is 2.55. The highest BCUT2D eigenvalue weighted by atomic mass is 79.9. The molecule has 1 fully saturated rings. The van der Waals surface area contributed by atoms with E-state index in [1.165, 1.54) is 12.1 Å². The van der Waals surface area contributed by atoms with E-state index in [0.29, 0.717) is 12.2 Å². The summed E-state index contributed by atoms with van der Waals surface area (Å²) in [5.41, 5.74) is 4.72. The fourth-order valence-electron chi connectivity index (χ4n) is 5.41. The van der Waals surface area contributed by atoms with Crippen molar-refractivity contribution in [1.82, 2.24) is 9.78 Å². The molecule has 0 radical (unpaired) electrons. The predicted molar refractivity (Wildman–Crippen MR) is 143 cm³/mol. The number of hydrogen-bond donors (Lipinski definition) is 0. The summed E-state index contributed by atoms with van der Waals surface area (Å²) in [7, 11) is 1.63. The zero-order valence-corrected chi connectivity index (χ0v) is 21.6. The maximum atomic E-state index is 13.8. The van der Waals surface area contributed by atoms with Gasteiger partial charge in [-0.1, -0.05) is 24.6 Å². The van der Waals surface area contributed by atoms with Crippen LogP contribution in [0.5, 0.6) is 5.75 Å². The Bertz CT molecular complexity index is 1540. The molecule has 0 atom stereocenters. The van der Waals surface area contributed by atoms with Gasteiger partial charge in [0, 0.05) is 22.2 Å². The minimum absolute atomic E-state index is 0.00211. The number of aromatic nitrogens is 2. The first-order chi connectivity index (χ1) is 17.9. The third kappa shape index (κ3) is 3.72. The van der Waals surface area contributed by atoms with E-state index < -0.39 is 10.3 Å². The lowest BCUT2D eigenvalue weighted by molar-refractivity contribution is -0.384. The number of amides is 1. The van der Waals surface area contributed by atoms with Gasteiger partial charge in [-0.25, -0.2) is 4.68 Å². The van der Waals surface area contributed by atoms with E-state index in [1.807, 2.05) is 41.3 Å². The van der Waals surface area contributed by atoms with Crippen molar-refractivity contribution in [2.45, 2.75) is 31.2 Å². The molecule has 2 aliphatic rings. The Kier molecular flexibility index (Phi) is 5.60. The molecule has 2 heterocycles. The average Bonchev–Trinajstić information content (AvgIpc) is 3.46. The highest BCUT2D eigenvalue weighted by molar-refractivity contribution is 9.10. The maximum Gasteiger partial charge on any atom is 0.271 e. The smallest absolute Gasteiger partial charge is 0.271 e. The molecule has 1 amide bonds. The van der Waals surface area contributed by atoms with Gasteiger partial charge in [-0.15, -0.1) is 0 Å². The zero-order chi connectivity index (χ0) is 25.7. The fraction of sp³-hybridized carbons (Fsp3) is 0.214. The second-order valence-electron chi connectivity index (χ2n) is 9.43. The van der Waals surface area contributed by atoms with E-state index in [4.69, 9.17) is 4.74 Å². The largest absolute Gasteiger partial charge is 0.497 e. The topological polar surface area (TPSA) is 90.5 Å². The number of halogens is 1. The fourth-order valence-corrected chi connectivity index (χ4v) is 6.08. The molecule has 3 aromatic carbocycles. The van der Waals surface area contributed by atoms with Gasteiger partial charge < -0.3 is 9.64 Å². The first-order valence-electron chi connectivity index (χ1n) is 12.0. The number of hydrogen-bond acceptors (Lipinski definition) is 5. The highest BCUT2D eigenvalue weighted by Crippen LogP contribution is 2.56. The normalized spacial score (nSPS) is 15.5. The number of fused-ring (bicyclic) bond motifs is 2. The van der Waals surface area contributed by atoms with E-state index in [1.54, 1.807) is 30.1 Å². The summed E-state index contributed by atoms with van der Waals surface area (Å²) in [5, 5.41) is 15.8. The van der Waals surface area contributed by atoms with E-state index in [2.05, 4.69) is 27.1 Å². The van der Waals surface area contributed by atoms with Crippen LogP contribution in [0.25, 0.3) is 16.9 Å². The van der Waals surface area contributed by atoms with Crippen molar-refractivity contribution < 1.29 is 14.5 Å². The average molecular weight is 559 g/mol. The molecule has 1 spiro atoms. The predicted octanol–water partition coefficient (Wildman–Crippen LogP) is 6.19. The van der Waals surface area contributed by atoms with Gasteiger partial charge in [0.2, 0.25) is 5.91 Å². The van der Waals surface area contributed by atoms with E-state index in [9.17, 15) is 14.9 Å². The molecule has 37 heavy (non-hydrogen) atoms. The number of nitrogens with zero attached hydrogens (tertiary/aromatic N) is 4. The van der Waals surface area contributed by atoms with E-state index in [0.717, 1.165) is 57.6 Å². The van der Waals surface area contributed by atoms with Crippen molar-refractivity contribution in [3.63, 3.8) is 0 Å². The number of benzene rings is 3. The van der Waals surface area contributed by atoms with Crippen LogP contribution in [0.3, 0.4) is 0 Å². The van der Waals surface area contributed by atoms with Crippen LogP contribution in [0.2, 0.25) is 0 Å². The van der Waals surface area contributed by atoms with Crippen LogP contribution in [-0.2, 0) is 16.8 Å². The van der Waals surface area contributed by atoms with Crippen LogP contribution < -0.4 is 9.64 Å². The summed E-state index contributed by atoms with van der Waals surface area (Å²) in [6, 6.07) is 20.2. The molecule has 0 unspecified atom stereocenters. The van der Waals surface area contributed by atoms with Gasteiger partial charge in [0.05, 0.1) is 47.3 Å². The van der Waals surface area contributed by atoms with Gasteiger partial charge in [0.25, 0.3) is 5.69 Å². The summed E-state index contributed by atoms with van der Waals surface area (Å²) in [6.45, 7) is 0.473. The molecule has 1 aromatic heterocycles. The molecular weight excluding hydrogens is 536 g/mol. The number of nitro benzene ring substituents is 1. The lowest BCUT2D eigenvalue weighted by atomic mass is 9.65. The number of anilines is 1. The quantitative estimate of drug-likeness (QED) is 0.208. The van der Waals surface area contributed by atoms with Crippen LogP contribution in [-0.4, -0.2) is 27.7 Å². The molecule has 6 rings (SSSR count). The Balaban J connectivity index is 1.43. The van der Waals surface area contributed by atoms with Gasteiger partial charge in [0.1, 0.15) is 5.75 Å². The lowest BCUT2D eigenvalue weighted by Crippen LogP contribution is -2.44. The molecule has 1 aliphatic heterocycles. The van der Waals surface area contributed by atoms with Gasteiger partial charge in [0.15, 0.2) is 0 Å². The Morgan fingerprint density at radius 3 is 2.57 bits per heavy atom. The van der Waals surface area contributed by atoms with E-state index >= 15 is 0 Å². The standard InChI is InChI=1S/C28H23BrN4O4/c1-37-22-8-6-18(7-9-22)17-31-26-23(28(27(31)34)11-3-12-28)14-19(15-24(26)29)25-10-13-30-32(25)20-4-2-5-21(16-20)33(35)36/h2,4-10,13-16H,3,11-12,17H2,1H3. The third-order valence-corrected chi connectivity index (χ3v) is 8.04. The Hall–Kier alpha value is -3.98.